The number of hydrogen-bond acceptors (Lipinski definition) is 2. The van der Waals surface area contributed by atoms with Gasteiger partial charge in [0.2, 0.25) is 0 Å². The smallest absolute Gasteiger partial charge is 0.282 e. The summed E-state index contributed by atoms with van der Waals surface area (Å²) in [4.78, 5) is -0.470. The van der Waals surface area contributed by atoms with Crippen molar-refractivity contribution in [1.82, 2.24) is 0 Å². The largest absolute Gasteiger partial charge is 0.296 e. The molecular formula is C12H7Cl3O3S. The van der Waals surface area contributed by atoms with Crippen LogP contribution < -0.4 is 0 Å². The van der Waals surface area contributed by atoms with Crippen LogP contribution >= 0.6 is 34.8 Å². The van der Waals surface area contributed by atoms with Crippen LogP contribution in [0, 0.1) is 0 Å². The predicted molar refractivity (Wildman–Crippen MR) is 76.7 cm³/mol. The molecule has 19 heavy (non-hydrogen) atoms. The minimum Gasteiger partial charge on any atom is -0.282 e. The highest BCUT2D eigenvalue weighted by Crippen LogP contribution is 2.42. The third kappa shape index (κ3) is 2.88. The van der Waals surface area contributed by atoms with Crippen molar-refractivity contribution >= 4 is 44.9 Å². The highest BCUT2D eigenvalue weighted by Gasteiger charge is 2.22. The summed E-state index contributed by atoms with van der Waals surface area (Å²) in [5.41, 5.74) is 0.869. The standard InChI is InChI=1S/C12H7Cl3O3S/c13-8-6-9(19(16,17)18)12(15)10(11(8)14)7-4-2-1-3-5-7/h1-6H,(H,16,17,18). The van der Waals surface area contributed by atoms with Crippen molar-refractivity contribution in [3.8, 4) is 11.1 Å². The fourth-order valence-corrected chi connectivity index (χ4v) is 3.35. The molecule has 1 N–H and O–H groups in total. The molecule has 2 aromatic rings. The van der Waals surface area contributed by atoms with Crippen molar-refractivity contribution < 1.29 is 13.0 Å². The lowest BCUT2D eigenvalue weighted by molar-refractivity contribution is 0.483. The van der Waals surface area contributed by atoms with Gasteiger partial charge in [0.25, 0.3) is 10.1 Å². The molecule has 0 saturated heterocycles. The minimum atomic E-state index is -4.48. The molecule has 0 aliphatic heterocycles. The highest BCUT2D eigenvalue weighted by molar-refractivity contribution is 7.86. The van der Waals surface area contributed by atoms with Crippen molar-refractivity contribution in [1.29, 1.82) is 0 Å². The molecule has 0 spiro atoms. The van der Waals surface area contributed by atoms with Crippen molar-refractivity contribution in [2.45, 2.75) is 4.90 Å². The molecule has 0 heterocycles. The molecule has 0 amide bonds. The zero-order chi connectivity index (χ0) is 14.2. The van der Waals surface area contributed by atoms with Gasteiger partial charge in [-0.1, -0.05) is 65.1 Å². The number of hydrogen-bond donors (Lipinski definition) is 1. The van der Waals surface area contributed by atoms with Crippen LogP contribution in [0.25, 0.3) is 11.1 Å². The summed E-state index contributed by atoms with van der Waals surface area (Å²) in [6.07, 6.45) is 0. The average molecular weight is 338 g/mol. The molecule has 100 valence electrons. The summed E-state index contributed by atoms with van der Waals surface area (Å²) in [6.45, 7) is 0. The fraction of sp³-hybridized carbons (Fsp3) is 0. The van der Waals surface area contributed by atoms with Crippen molar-refractivity contribution in [2.24, 2.45) is 0 Å². The Balaban J connectivity index is 2.85. The van der Waals surface area contributed by atoms with Crippen LogP contribution in [0.3, 0.4) is 0 Å². The van der Waals surface area contributed by atoms with E-state index in [4.69, 9.17) is 39.4 Å². The van der Waals surface area contributed by atoms with Crippen LogP contribution in [-0.4, -0.2) is 13.0 Å². The third-order valence-electron chi connectivity index (χ3n) is 2.46. The SMILES string of the molecule is O=S(=O)(O)c1cc(Cl)c(Cl)c(-c2ccccc2)c1Cl. The van der Waals surface area contributed by atoms with Gasteiger partial charge in [0, 0.05) is 5.56 Å². The van der Waals surface area contributed by atoms with Crippen LogP contribution in [0.4, 0.5) is 0 Å². The van der Waals surface area contributed by atoms with Gasteiger partial charge in [0.15, 0.2) is 0 Å². The molecule has 0 saturated carbocycles. The predicted octanol–water partition coefficient (Wildman–Crippen LogP) is 4.56. The van der Waals surface area contributed by atoms with Gasteiger partial charge in [-0.2, -0.15) is 8.42 Å². The van der Waals surface area contributed by atoms with E-state index >= 15 is 0 Å². The fourth-order valence-electron chi connectivity index (χ4n) is 1.63. The molecule has 0 aliphatic rings. The molecule has 2 rings (SSSR count). The Kier molecular flexibility index (Phi) is 4.08. The summed E-state index contributed by atoms with van der Waals surface area (Å²) in [5.74, 6) is 0. The van der Waals surface area contributed by atoms with Gasteiger partial charge < -0.3 is 0 Å². The molecule has 0 aliphatic carbocycles. The number of halogens is 3. The Morgan fingerprint density at radius 2 is 1.53 bits per heavy atom. The van der Waals surface area contributed by atoms with Crippen LogP contribution in [0.2, 0.25) is 15.1 Å². The van der Waals surface area contributed by atoms with Crippen molar-refractivity contribution in [2.75, 3.05) is 0 Å². The van der Waals surface area contributed by atoms with Gasteiger partial charge in [-0.25, -0.2) is 0 Å². The molecule has 0 atom stereocenters. The van der Waals surface area contributed by atoms with E-state index in [1.165, 1.54) is 0 Å². The molecule has 2 aromatic carbocycles. The third-order valence-corrected chi connectivity index (χ3v) is 4.63. The Bertz CT molecular complexity index is 728. The zero-order valence-corrected chi connectivity index (χ0v) is 12.4. The Morgan fingerprint density at radius 3 is 2.05 bits per heavy atom. The van der Waals surface area contributed by atoms with Gasteiger partial charge in [-0.05, 0) is 11.6 Å². The molecule has 0 fully saturated rings. The maximum atomic E-state index is 11.3. The van der Waals surface area contributed by atoms with Crippen LogP contribution in [0.15, 0.2) is 41.3 Å². The van der Waals surface area contributed by atoms with E-state index in [9.17, 15) is 8.42 Å². The molecule has 7 heteroatoms. The number of benzene rings is 2. The second kappa shape index (κ2) is 5.31. The van der Waals surface area contributed by atoms with Crippen LogP contribution in [0.1, 0.15) is 0 Å². The van der Waals surface area contributed by atoms with Crippen LogP contribution in [-0.2, 0) is 10.1 Å². The van der Waals surface area contributed by atoms with Crippen molar-refractivity contribution in [3.05, 3.63) is 51.5 Å². The first-order chi connectivity index (χ1) is 8.82. The van der Waals surface area contributed by atoms with Crippen LogP contribution in [0.5, 0.6) is 0 Å². The normalized spacial score (nSPS) is 11.6. The van der Waals surface area contributed by atoms with Gasteiger partial charge in [0.1, 0.15) is 4.90 Å². The lowest BCUT2D eigenvalue weighted by atomic mass is 10.1. The molecule has 3 nitrogen and oxygen atoms in total. The summed E-state index contributed by atoms with van der Waals surface area (Å²) in [7, 11) is -4.48. The first kappa shape index (κ1) is 14.6. The topological polar surface area (TPSA) is 54.4 Å². The second-order valence-corrected chi connectivity index (χ2v) is 6.25. The average Bonchev–Trinajstić information content (AvgIpc) is 2.34. The van der Waals surface area contributed by atoms with Gasteiger partial charge in [-0.15, -0.1) is 0 Å². The quantitative estimate of drug-likeness (QED) is 0.645. The highest BCUT2D eigenvalue weighted by atomic mass is 35.5. The van der Waals surface area contributed by atoms with Gasteiger partial charge in [0.05, 0.1) is 15.1 Å². The molecule has 0 aromatic heterocycles. The summed E-state index contributed by atoms with van der Waals surface area (Å²) >= 11 is 18.0. The lowest BCUT2D eigenvalue weighted by Crippen LogP contribution is -2.01. The first-order valence-electron chi connectivity index (χ1n) is 5.03. The van der Waals surface area contributed by atoms with Gasteiger partial charge >= 0.3 is 0 Å². The minimum absolute atomic E-state index is 0.00227. The maximum absolute atomic E-state index is 11.3. The molecule has 0 unspecified atom stereocenters. The van der Waals surface area contributed by atoms with E-state index < -0.39 is 15.0 Å². The summed E-state index contributed by atoms with van der Waals surface area (Å²) in [5, 5.41) is -0.0362. The second-order valence-electron chi connectivity index (χ2n) is 3.70. The van der Waals surface area contributed by atoms with E-state index in [1.54, 1.807) is 30.3 Å². The summed E-state index contributed by atoms with van der Waals surface area (Å²) in [6, 6.07) is 9.72. The van der Waals surface area contributed by atoms with Gasteiger partial charge in [-0.3, -0.25) is 4.55 Å². The van der Waals surface area contributed by atoms with Crippen molar-refractivity contribution in [3.63, 3.8) is 0 Å². The van der Waals surface area contributed by atoms with E-state index in [0.717, 1.165) is 6.07 Å². The Morgan fingerprint density at radius 1 is 0.947 bits per heavy atom. The zero-order valence-electron chi connectivity index (χ0n) is 9.27. The first-order valence-corrected chi connectivity index (χ1v) is 7.60. The summed E-state index contributed by atoms with van der Waals surface area (Å²) < 4.78 is 31.7. The molecular weight excluding hydrogens is 331 g/mol. The lowest BCUT2D eigenvalue weighted by Gasteiger charge is -2.12. The van der Waals surface area contributed by atoms with E-state index in [2.05, 4.69) is 0 Å². The monoisotopic (exact) mass is 336 g/mol. The molecule has 0 radical (unpaired) electrons. The Labute approximate surface area is 125 Å². The van der Waals surface area contributed by atoms with E-state index in [0.29, 0.717) is 5.56 Å². The van der Waals surface area contributed by atoms with E-state index in [-0.39, 0.29) is 20.6 Å². The number of rotatable bonds is 2. The maximum Gasteiger partial charge on any atom is 0.296 e. The van der Waals surface area contributed by atoms with E-state index in [1.807, 2.05) is 0 Å². The Hall–Kier alpha value is -0.780. The molecule has 0 bridgehead atoms.